The van der Waals surface area contributed by atoms with E-state index in [4.69, 9.17) is 0 Å². The van der Waals surface area contributed by atoms with Gasteiger partial charge in [0.15, 0.2) is 0 Å². The van der Waals surface area contributed by atoms with Gasteiger partial charge in [0.05, 0.1) is 15.9 Å². The van der Waals surface area contributed by atoms with Crippen molar-refractivity contribution in [1.82, 2.24) is 5.32 Å². The summed E-state index contributed by atoms with van der Waals surface area (Å²) < 4.78 is 0. The van der Waals surface area contributed by atoms with Gasteiger partial charge in [0.25, 0.3) is 11.4 Å². The average molecular weight is 296 g/mol. The van der Waals surface area contributed by atoms with Gasteiger partial charge in [-0.1, -0.05) is 6.92 Å². The Morgan fingerprint density at radius 3 is 2.48 bits per heavy atom. The molecule has 0 saturated carbocycles. The molecule has 9 heteroatoms. The van der Waals surface area contributed by atoms with Crippen molar-refractivity contribution in [3.05, 3.63) is 38.4 Å². The molecule has 0 aliphatic rings. The van der Waals surface area contributed by atoms with Gasteiger partial charge < -0.3 is 10.6 Å². The molecule has 0 spiro atoms. The SMILES string of the molecule is CCCC(=O)NCCNc1ccc([N+](=O)[O-])cc1[N+](=O)[O-]. The fourth-order valence-electron chi connectivity index (χ4n) is 1.65. The minimum Gasteiger partial charge on any atom is -0.378 e. The van der Waals surface area contributed by atoms with Crippen molar-refractivity contribution in [2.75, 3.05) is 18.4 Å². The number of rotatable bonds is 8. The molecule has 0 aliphatic carbocycles. The van der Waals surface area contributed by atoms with Crippen molar-refractivity contribution in [1.29, 1.82) is 0 Å². The number of nitrogens with one attached hydrogen (secondary N) is 2. The van der Waals surface area contributed by atoms with Crippen molar-refractivity contribution in [3.63, 3.8) is 0 Å². The molecule has 1 aromatic rings. The molecule has 0 aromatic heterocycles. The molecule has 2 N–H and O–H groups in total. The molecule has 1 rings (SSSR count). The van der Waals surface area contributed by atoms with Gasteiger partial charge >= 0.3 is 0 Å². The van der Waals surface area contributed by atoms with E-state index in [1.54, 1.807) is 0 Å². The van der Waals surface area contributed by atoms with E-state index in [-0.39, 0.29) is 29.5 Å². The van der Waals surface area contributed by atoms with Crippen molar-refractivity contribution >= 4 is 23.0 Å². The predicted molar refractivity (Wildman–Crippen MR) is 76.2 cm³/mol. The van der Waals surface area contributed by atoms with Crippen molar-refractivity contribution in [3.8, 4) is 0 Å². The van der Waals surface area contributed by atoms with Crippen LogP contribution in [0.2, 0.25) is 0 Å². The number of carbonyl (C=O) groups excluding carboxylic acids is 1. The second-order valence-corrected chi connectivity index (χ2v) is 4.24. The van der Waals surface area contributed by atoms with Gasteiger partial charge in [-0.2, -0.15) is 0 Å². The third-order valence-corrected chi connectivity index (χ3v) is 2.63. The lowest BCUT2D eigenvalue weighted by molar-refractivity contribution is -0.393. The van der Waals surface area contributed by atoms with Gasteiger partial charge in [0.1, 0.15) is 5.69 Å². The fourth-order valence-corrected chi connectivity index (χ4v) is 1.65. The van der Waals surface area contributed by atoms with Crippen LogP contribution in [0.4, 0.5) is 17.1 Å². The second kappa shape index (κ2) is 7.78. The first kappa shape index (κ1) is 16.3. The first-order valence-electron chi connectivity index (χ1n) is 6.39. The molecule has 114 valence electrons. The number of nitrogens with zero attached hydrogens (tertiary/aromatic N) is 2. The topological polar surface area (TPSA) is 127 Å². The summed E-state index contributed by atoms with van der Waals surface area (Å²) in [6.45, 7) is 2.49. The molecule has 0 aliphatic heterocycles. The summed E-state index contributed by atoms with van der Waals surface area (Å²) in [5.41, 5.74) is -0.539. The molecule has 1 amide bonds. The number of benzene rings is 1. The van der Waals surface area contributed by atoms with Crippen LogP contribution in [0.25, 0.3) is 0 Å². The zero-order chi connectivity index (χ0) is 15.8. The first-order valence-corrected chi connectivity index (χ1v) is 6.39. The summed E-state index contributed by atoms with van der Waals surface area (Å²) in [7, 11) is 0. The van der Waals surface area contributed by atoms with Crippen LogP contribution in [0.3, 0.4) is 0 Å². The summed E-state index contributed by atoms with van der Waals surface area (Å²) in [6, 6.07) is 3.37. The number of hydrogen-bond acceptors (Lipinski definition) is 6. The normalized spacial score (nSPS) is 9.95. The molecule has 0 radical (unpaired) electrons. The highest BCUT2D eigenvalue weighted by molar-refractivity contribution is 5.75. The fraction of sp³-hybridized carbons (Fsp3) is 0.417. The third kappa shape index (κ3) is 5.05. The van der Waals surface area contributed by atoms with Crippen LogP contribution < -0.4 is 10.6 Å². The van der Waals surface area contributed by atoms with Gasteiger partial charge in [-0.25, -0.2) is 0 Å². The summed E-state index contributed by atoms with van der Waals surface area (Å²) in [5.74, 6) is -0.0856. The highest BCUT2D eigenvalue weighted by Gasteiger charge is 2.18. The number of nitro groups is 2. The Morgan fingerprint density at radius 2 is 1.90 bits per heavy atom. The van der Waals surface area contributed by atoms with Crippen LogP contribution in [-0.4, -0.2) is 28.8 Å². The Labute approximate surface area is 120 Å². The number of amides is 1. The van der Waals surface area contributed by atoms with Gasteiger partial charge in [-0.15, -0.1) is 0 Å². The molecule has 0 heterocycles. The standard InChI is InChI=1S/C12H16N4O5/c1-2-3-12(17)14-7-6-13-10-5-4-9(15(18)19)8-11(10)16(20)21/h4-5,8,13H,2-3,6-7H2,1H3,(H,14,17). The molecule has 21 heavy (non-hydrogen) atoms. The number of anilines is 1. The maximum atomic E-state index is 11.2. The van der Waals surface area contributed by atoms with E-state index in [2.05, 4.69) is 10.6 Å². The zero-order valence-corrected chi connectivity index (χ0v) is 11.5. The molecular weight excluding hydrogens is 280 g/mol. The summed E-state index contributed by atoms with van der Waals surface area (Å²) in [6.07, 6.45) is 1.17. The zero-order valence-electron chi connectivity index (χ0n) is 11.5. The monoisotopic (exact) mass is 296 g/mol. The summed E-state index contributed by atoms with van der Waals surface area (Å²) in [5, 5.41) is 26.9. The average Bonchev–Trinajstić information content (AvgIpc) is 2.43. The molecule has 0 bridgehead atoms. The van der Waals surface area contributed by atoms with Crippen LogP contribution in [0.5, 0.6) is 0 Å². The smallest absolute Gasteiger partial charge is 0.299 e. The van der Waals surface area contributed by atoms with E-state index < -0.39 is 9.85 Å². The van der Waals surface area contributed by atoms with Gasteiger partial charge in [-0.3, -0.25) is 25.0 Å². The largest absolute Gasteiger partial charge is 0.378 e. The van der Waals surface area contributed by atoms with Gasteiger partial charge in [0.2, 0.25) is 5.91 Å². The van der Waals surface area contributed by atoms with Gasteiger partial charge in [-0.05, 0) is 12.5 Å². The molecular formula is C12H16N4O5. The van der Waals surface area contributed by atoms with Crippen LogP contribution in [-0.2, 0) is 4.79 Å². The maximum Gasteiger partial charge on any atom is 0.299 e. The Bertz CT molecular complexity index is 546. The number of nitro benzene ring substituents is 2. The first-order chi connectivity index (χ1) is 9.95. The number of carbonyl (C=O) groups is 1. The Morgan fingerprint density at radius 1 is 1.19 bits per heavy atom. The van der Waals surface area contributed by atoms with Crippen molar-refractivity contribution < 1.29 is 14.6 Å². The van der Waals surface area contributed by atoms with E-state index in [1.165, 1.54) is 12.1 Å². The van der Waals surface area contributed by atoms with Crippen LogP contribution in [0.1, 0.15) is 19.8 Å². The minimum absolute atomic E-state index is 0.0856. The van der Waals surface area contributed by atoms with Crippen LogP contribution in [0, 0.1) is 20.2 Å². The Hall–Kier alpha value is -2.71. The van der Waals surface area contributed by atoms with E-state index in [9.17, 15) is 25.0 Å². The Kier molecular flexibility index (Phi) is 6.05. The van der Waals surface area contributed by atoms with E-state index in [0.717, 1.165) is 12.5 Å². The van der Waals surface area contributed by atoms with Crippen LogP contribution in [0.15, 0.2) is 18.2 Å². The molecule has 0 fully saturated rings. The molecule has 0 atom stereocenters. The maximum absolute atomic E-state index is 11.2. The molecule has 1 aromatic carbocycles. The highest BCUT2D eigenvalue weighted by Crippen LogP contribution is 2.28. The van der Waals surface area contributed by atoms with E-state index >= 15 is 0 Å². The lowest BCUT2D eigenvalue weighted by Crippen LogP contribution is -2.28. The summed E-state index contributed by atoms with van der Waals surface area (Å²) >= 11 is 0. The highest BCUT2D eigenvalue weighted by atomic mass is 16.6. The lowest BCUT2D eigenvalue weighted by atomic mass is 10.2. The predicted octanol–water partition coefficient (Wildman–Crippen LogP) is 1.83. The second-order valence-electron chi connectivity index (χ2n) is 4.24. The quantitative estimate of drug-likeness (QED) is 0.428. The molecule has 0 unspecified atom stereocenters. The molecule has 0 saturated heterocycles. The van der Waals surface area contributed by atoms with E-state index in [0.29, 0.717) is 13.0 Å². The van der Waals surface area contributed by atoms with Crippen LogP contribution >= 0.6 is 0 Å². The van der Waals surface area contributed by atoms with Crippen molar-refractivity contribution in [2.45, 2.75) is 19.8 Å². The lowest BCUT2D eigenvalue weighted by Gasteiger charge is -2.08. The third-order valence-electron chi connectivity index (χ3n) is 2.63. The van der Waals surface area contributed by atoms with Crippen molar-refractivity contribution in [2.24, 2.45) is 0 Å². The number of non-ortho nitro benzene ring substituents is 1. The Balaban J connectivity index is 2.64. The minimum atomic E-state index is -0.693. The number of hydrogen-bond donors (Lipinski definition) is 2. The molecule has 9 nitrogen and oxygen atoms in total. The summed E-state index contributed by atoms with van der Waals surface area (Å²) in [4.78, 5) is 31.3. The van der Waals surface area contributed by atoms with Gasteiger partial charge in [0, 0.05) is 25.6 Å². The van der Waals surface area contributed by atoms with E-state index in [1.807, 2.05) is 6.92 Å².